The molecule has 1 heterocycles. The molecule has 8 heteroatoms. The second-order valence-electron chi connectivity index (χ2n) is 5.39. The number of aromatic nitrogens is 1. The summed E-state index contributed by atoms with van der Waals surface area (Å²) >= 11 is 0. The zero-order chi connectivity index (χ0) is 17.2. The number of aryl methyl sites for hydroxylation is 1. The Kier molecular flexibility index (Phi) is 4.96. The van der Waals surface area contributed by atoms with Crippen LogP contribution in [0.5, 0.6) is 5.75 Å². The Labute approximate surface area is 135 Å². The van der Waals surface area contributed by atoms with Crippen LogP contribution in [-0.2, 0) is 10.0 Å². The zero-order valence-corrected chi connectivity index (χ0v) is 14.5. The molecule has 0 fully saturated rings. The lowest BCUT2D eigenvalue weighted by atomic mass is 10.1. The Balaban J connectivity index is 2.14. The Morgan fingerprint density at radius 3 is 2.65 bits per heavy atom. The van der Waals surface area contributed by atoms with Crippen LogP contribution in [0.4, 0.5) is 0 Å². The summed E-state index contributed by atoms with van der Waals surface area (Å²) in [5.41, 5.74) is 2.05. The van der Waals surface area contributed by atoms with E-state index in [4.69, 9.17) is 4.74 Å². The van der Waals surface area contributed by atoms with Gasteiger partial charge in [0.25, 0.3) is 5.91 Å². The molecule has 0 unspecified atom stereocenters. The second kappa shape index (κ2) is 6.59. The first-order valence-electron chi connectivity index (χ1n) is 7.11. The maximum Gasteiger partial charge on any atom is 0.268 e. The topological polar surface area (TPSA) is 91.5 Å². The quantitative estimate of drug-likeness (QED) is 0.824. The number of nitrogens with zero attached hydrogens (tertiary/aromatic N) is 1. The summed E-state index contributed by atoms with van der Waals surface area (Å²) < 4.78 is 29.7. The van der Waals surface area contributed by atoms with Gasteiger partial charge in [0.2, 0.25) is 10.0 Å². The third-order valence-corrected chi connectivity index (χ3v) is 5.53. The summed E-state index contributed by atoms with van der Waals surface area (Å²) in [4.78, 5) is 15.3. The molecule has 0 saturated carbocycles. The van der Waals surface area contributed by atoms with E-state index >= 15 is 0 Å². The van der Waals surface area contributed by atoms with Gasteiger partial charge in [0.05, 0.1) is 12.9 Å². The highest BCUT2D eigenvalue weighted by atomic mass is 32.2. The first-order valence-corrected chi connectivity index (χ1v) is 8.72. The van der Waals surface area contributed by atoms with Crippen LogP contribution in [0.2, 0.25) is 0 Å². The Morgan fingerprint density at radius 2 is 2.04 bits per heavy atom. The second-order valence-corrected chi connectivity index (χ2v) is 7.69. The molecule has 0 aliphatic heterocycles. The molecule has 1 aromatic heterocycles. The smallest absolute Gasteiger partial charge is 0.268 e. The van der Waals surface area contributed by atoms with E-state index in [2.05, 4.69) is 10.3 Å². The number of rotatable bonds is 6. The Bertz CT molecular complexity index is 825. The highest BCUT2D eigenvalue weighted by Crippen LogP contribution is 2.25. The first kappa shape index (κ1) is 17.3. The number of aromatic amines is 1. The van der Waals surface area contributed by atoms with Gasteiger partial charge < -0.3 is 15.0 Å². The van der Waals surface area contributed by atoms with Crippen LogP contribution in [-0.4, -0.2) is 57.1 Å². The summed E-state index contributed by atoms with van der Waals surface area (Å²) in [5, 5.41) is 3.53. The lowest BCUT2D eigenvalue weighted by molar-refractivity contribution is 0.0951. The Hall–Kier alpha value is -2.06. The van der Waals surface area contributed by atoms with E-state index in [0.29, 0.717) is 11.4 Å². The highest BCUT2D eigenvalue weighted by molar-refractivity contribution is 7.89. The average molecular weight is 339 g/mol. The molecule has 0 aliphatic carbocycles. The maximum atomic E-state index is 12.3. The van der Waals surface area contributed by atoms with Crippen LogP contribution in [0.3, 0.4) is 0 Å². The number of sulfonamides is 1. The van der Waals surface area contributed by atoms with E-state index in [-0.39, 0.29) is 18.2 Å². The molecule has 0 bridgehead atoms. The van der Waals surface area contributed by atoms with Crippen LogP contribution in [0.15, 0.2) is 18.2 Å². The lowest BCUT2D eigenvalue weighted by Gasteiger charge is -2.11. The minimum Gasteiger partial charge on any atom is -0.497 e. The van der Waals surface area contributed by atoms with Crippen molar-refractivity contribution in [2.24, 2.45) is 0 Å². The number of amides is 1. The van der Waals surface area contributed by atoms with Gasteiger partial charge in [0.1, 0.15) is 11.4 Å². The summed E-state index contributed by atoms with van der Waals surface area (Å²) in [7, 11) is 1.19. The third-order valence-electron chi connectivity index (χ3n) is 3.69. The van der Waals surface area contributed by atoms with Crippen molar-refractivity contribution in [3.05, 3.63) is 29.5 Å². The lowest BCUT2D eigenvalue weighted by Crippen LogP contribution is -2.34. The number of ether oxygens (including phenoxy) is 1. The number of hydrogen-bond acceptors (Lipinski definition) is 4. The summed E-state index contributed by atoms with van der Waals surface area (Å²) in [6.45, 7) is 1.89. The normalized spacial score (nSPS) is 11.9. The van der Waals surface area contributed by atoms with Gasteiger partial charge >= 0.3 is 0 Å². The van der Waals surface area contributed by atoms with Gasteiger partial charge in [0.15, 0.2) is 0 Å². The number of nitrogens with one attached hydrogen (secondary N) is 2. The zero-order valence-electron chi connectivity index (χ0n) is 13.6. The number of H-pyrrole nitrogens is 1. The van der Waals surface area contributed by atoms with Crippen molar-refractivity contribution < 1.29 is 17.9 Å². The van der Waals surface area contributed by atoms with Gasteiger partial charge in [-0.05, 0) is 30.7 Å². The summed E-state index contributed by atoms with van der Waals surface area (Å²) in [5.74, 6) is 0.244. The van der Waals surface area contributed by atoms with Crippen molar-refractivity contribution >= 4 is 26.8 Å². The molecule has 0 atom stereocenters. The van der Waals surface area contributed by atoms with Gasteiger partial charge in [-0.1, -0.05) is 0 Å². The fourth-order valence-electron chi connectivity index (χ4n) is 2.22. The number of hydrogen-bond donors (Lipinski definition) is 2. The van der Waals surface area contributed by atoms with E-state index < -0.39 is 10.0 Å². The third kappa shape index (κ3) is 3.65. The number of carbonyl (C=O) groups is 1. The van der Waals surface area contributed by atoms with Crippen molar-refractivity contribution in [1.29, 1.82) is 0 Å². The van der Waals surface area contributed by atoms with Gasteiger partial charge in [-0.2, -0.15) is 0 Å². The fraction of sp³-hybridized carbons (Fsp3) is 0.400. The average Bonchev–Trinajstić information content (AvgIpc) is 2.83. The highest BCUT2D eigenvalue weighted by Gasteiger charge is 2.17. The molecular formula is C15H21N3O4S. The minimum atomic E-state index is -3.33. The molecule has 0 radical (unpaired) electrons. The molecule has 23 heavy (non-hydrogen) atoms. The van der Waals surface area contributed by atoms with E-state index in [0.717, 1.165) is 20.8 Å². The first-order chi connectivity index (χ1) is 10.8. The van der Waals surface area contributed by atoms with Gasteiger partial charge in [-0.25, -0.2) is 12.7 Å². The molecule has 7 nitrogen and oxygen atoms in total. The predicted molar refractivity (Wildman–Crippen MR) is 89.4 cm³/mol. The number of methoxy groups -OCH3 is 1. The molecule has 0 saturated heterocycles. The molecule has 2 aromatic rings. The van der Waals surface area contributed by atoms with E-state index in [1.165, 1.54) is 14.1 Å². The van der Waals surface area contributed by atoms with Gasteiger partial charge in [-0.3, -0.25) is 4.79 Å². The molecule has 1 amide bonds. The molecule has 2 N–H and O–H groups in total. The van der Waals surface area contributed by atoms with Crippen LogP contribution < -0.4 is 10.1 Å². The van der Waals surface area contributed by atoms with Gasteiger partial charge in [0, 0.05) is 31.5 Å². The SMILES string of the molecule is COc1ccc2[nH]c(C(=O)NCCS(=O)(=O)N(C)C)c(C)c2c1. The van der Waals surface area contributed by atoms with Crippen molar-refractivity contribution in [2.45, 2.75) is 6.92 Å². The van der Waals surface area contributed by atoms with Crippen molar-refractivity contribution in [3.8, 4) is 5.75 Å². The maximum absolute atomic E-state index is 12.3. The fourth-order valence-corrected chi connectivity index (χ4v) is 2.95. The molecule has 1 aromatic carbocycles. The minimum absolute atomic E-state index is 0.0530. The van der Waals surface area contributed by atoms with Crippen LogP contribution in [0.25, 0.3) is 10.9 Å². The van der Waals surface area contributed by atoms with Crippen LogP contribution >= 0.6 is 0 Å². The number of benzene rings is 1. The molecule has 0 aliphatic rings. The Morgan fingerprint density at radius 1 is 1.35 bits per heavy atom. The largest absolute Gasteiger partial charge is 0.497 e. The van der Waals surface area contributed by atoms with E-state index in [1.807, 2.05) is 25.1 Å². The number of fused-ring (bicyclic) bond motifs is 1. The van der Waals surface area contributed by atoms with E-state index in [9.17, 15) is 13.2 Å². The molecule has 0 spiro atoms. The summed E-state index contributed by atoms with van der Waals surface area (Å²) in [6.07, 6.45) is 0. The summed E-state index contributed by atoms with van der Waals surface area (Å²) in [6, 6.07) is 5.51. The molecule has 2 rings (SSSR count). The van der Waals surface area contributed by atoms with Crippen molar-refractivity contribution in [3.63, 3.8) is 0 Å². The van der Waals surface area contributed by atoms with E-state index in [1.54, 1.807) is 7.11 Å². The predicted octanol–water partition coefficient (Wildman–Crippen LogP) is 1.11. The molecule has 126 valence electrons. The van der Waals surface area contributed by atoms with Crippen molar-refractivity contribution in [2.75, 3.05) is 33.5 Å². The van der Waals surface area contributed by atoms with Crippen molar-refractivity contribution in [1.82, 2.24) is 14.6 Å². The molecular weight excluding hydrogens is 318 g/mol. The monoisotopic (exact) mass is 339 g/mol. The number of carbonyl (C=O) groups excluding carboxylic acids is 1. The standard InChI is InChI=1S/C15H21N3O4S/c1-10-12-9-11(22-4)5-6-13(12)17-14(10)15(19)16-7-8-23(20,21)18(2)3/h5-6,9,17H,7-8H2,1-4H3,(H,16,19). The van der Waals surface area contributed by atoms with Crippen LogP contribution in [0, 0.1) is 6.92 Å². The van der Waals surface area contributed by atoms with Gasteiger partial charge in [-0.15, -0.1) is 0 Å². The van der Waals surface area contributed by atoms with Crippen LogP contribution in [0.1, 0.15) is 16.1 Å².